The molecule has 1 fully saturated rings. The Balaban J connectivity index is 1.69. The molecule has 94 valence electrons. The van der Waals surface area contributed by atoms with Gasteiger partial charge in [0.15, 0.2) is 0 Å². The number of rotatable bonds is 4. The lowest BCUT2D eigenvalue weighted by molar-refractivity contribution is -0.131. The minimum Gasteiger partial charge on any atom is -0.416 e. The average molecular weight is 256 g/mol. The van der Waals surface area contributed by atoms with E-state index in [1.807, 2.05) is 4.90 Å². The molecule has 2 rings (SSSR count). The van der Waals surface area contributed by atoms with Gasteiger partial charge in [0.25, 0.3) is 5.22 Å². The zero-order valence-electron chi connectivity index (χ0n) is 9.81. The van der Waals surface area contributed by atoms with E-state index in [1.54, 1.807) is 6.92 Å². The number of aromatic nitrogens is 2. The Labute approximate surface area is 104 Å². The predicted octanol–water partition coefficient (Wildman–Crippen LogP) is 0.292. The molecule has 1 aliphatic rings. The Morgan fingerprint density at radius 1 is 1.47 bits per heavy atom. The Kier molecular flexibility index (Phi) is 4.38. The number of thioether (sulfide) groups is 1. The summed E-state index contributed by atoms with van der Waals surface area (Å²) in [5.74, 6) is 1.45. The highest BCUT2D eigenvalue weighted by Gasteiger charge is 2.16. The second-order valence-electron chi connectivity index (χ2n) is 3.82. The topological polar surface area (TPSA) is 71.3 Å². The number of amides is 1. The van der Waals surface area contributed by atoms with E-state index in [4.69, 9.17) is 4.42 Å². The third kappa shape index (κ3) is 3.71. The van der Waals surface area contributed by atoms with Crippen molar-refractivity contribution in [2.45, 2.75) is 18.6 Å². The molecule has 17 heavy (non-hydrogen) atoms. The van der Waals surface area contributed by atoms with Crippen LogP contribution in [0.15, 0.2) is 9.64 Å². The predicted molar refractivity (Wildman–Crippen MR) is 63.8 cm³/mol. The van der Waals surface area contributed by atoms with Crippen molar-refractivity contribution in [2.24, 2.45) is 0 Å². The minimum absolute atomic E-state index is 0.204. The van der Waals surface area contributed by atoms with Crippen molar-refractivity contribution in [1.82, 2.24) is 20.4 Å². The van der Waals surface area contributed by atoms with E-state index in [9.17, 15) is 4.79 Å². The fourth-order valence-electron chi connectivity index (χ4n) is 1.63. The monoisotopic (exact) mass is 256 g/mol. The van der Waals surface area contributed by atoms with Crippen molar-refractivity contribution >= 4 is 17.7 Å². The van der Waals surface area contributed by atoms with Crippen LogP contribution in [0.1, 0.15) is 12.3 Å². The highest BCUT2D eigenvalue weighted by molar-refractivity contribution is 7.99. The Morgan fingerprint density at radius 2 is 2.24 bits per heavy atom. The van der Waals surface area contributed by atoms with Crippen molar-refractivity contribution in [3.8, 4) is 0 Å². The summed E-state index contributed by atoms with van der Waals surface area (Å²) in [5, 5.41) is 11.4. The van der Waals surface area contributed by atoms with E-state index in [0.29, 0.717) is 23.3 Å². The summed E-state index contributed by atoms with van der Waals surface area (Å²) in [5.41, 5.74) is 0. The van der Waals surface area contributed by atoms with Gasteiger partial charge in [0, 0.05) is 45.3 Å². The van der Waals surface area contributed by atoms with Gasteiger partial charge in [0.2, 0.25) is 11.8 Å². The van der Waals surface area contributed by atoms with Gasteiger partial charge in [-0.1, -0.05) is 11.8 Å². The molecule has 2 heterocycles. The number of aryl methyl sites for hydroxylation is 1. The standard InChI is InChI=1S/C10H16N4O2S/c1-8-12-13-10(16-8)17-7-2-9(15)14-5-3-11-4-6-14/h11H,2-7H2,1H3. The molecular weight excluding hydrogens is 240 g/mol. The molecule has 6 nitrogen and oxygen atoms in total. The van der Waals surface area contributed by atoms with Gasteiger partial charge in [-0.2, -0.15) is 0 Å². The molecule has 0 saturated carbocycles. The number of piperazine rings is 1. The first-order valence-corrected chi connectivity index (χ1v) is 6.65. The largest absolute Gasteiger partial charge is 0.416 e. The third-order valence-corrected chi connectivity index (χ3v) is 3.34. The summed E-state index contributed by atoms with van der Waals surface area (Å²) in [4.78, 5) is 13.7. The Hall–Kier alpha value is -1.08. The van der Waals surface area contributed by atoms with E-state index in [1.165, 1.54) is 11.8 Å². The molecule has 0 aromatic carbocycles. The van der Waals surface area contributed by atoms with Crippen LogP contribution in [0.25, 0.3) is 0 Å². The van der Waals surface area contributed by atoms with E-state index < -0.39 is 0 Å². The second-order valence-corrected chi connectivity index (χ2v) is 4.86. The SMILES string of the molecule is Cc1nnc(SCCC(=O)N2CCNCC2)o1. The van der Waals surface area contributed by atoms with E-state index in [0.717, 1.165) is 26.2 Å². The van der Waals surface area contributed by atoms with Crippen molar-refractivity contribution in [2.75, 3.05) is 31.9 Å². The van der Waals surface area contributed by atoms with Crippen LogP contribution in [-0.4, -0.2) is 52.9 Å². The normalized spacial score (nSPS) is 16.2. The lowest BCUT2D eigenvalue weighted by Crippen LogP contribution is -2.46. The van der Waals surface area contributed by atoms with Gasteiger partial charge in [-0.05, 0) is 0 Å². The summed E-state index contributed by atoms with van der Waals surface area (Å²) in [7, 11) is 0. The fraction of sp³-hybridized carbons (Fsp3) is 0.700. The highest BCUT2D eigenvalue weighted by atomic mass is 32.2. The molecule has 0 spiro atoms. The molecule has 0 radical (unpaired) electrons. The van der Waals surface area contributed by atoms with Crippen molar-refractivity contribution in [1.29, 1.82) is 0 Å². The minimum atomic E-state index is 0.204. The van der Waals surface area contributed by atoms with Crippen LogP contribution in [0.2, 0.25) is 0 Å². The van der Waals surface area contributed by atoms with Crippen LogP contribution < -0.4 is 5.32 Å². The highest BCUT2D eigenvalue weighted by Crippen LogP contribution is 2.16. The molecule has 1 N–H and O–H groups in total. The molecule has 1 saturated heterocycles. The van der Waals surface area contributed by atoms with Crippen molar-refractivity contribution in [3.05, 3.63) is 5.89 Å². The maximum atomic E-state index is 11.8. The quantitative estimate of drug-likeness (QED) is 0.781. The molecule has 7 heteroatoms. The first-order valence-electron chi connectivity index (χ1n) is 5.67. The summed E-state index contributed by atoms with van der Waals surface area (Å²) in [6.45, 7) is 5.15. The number of carbonyl (C=O) groups excluding carboxylic acids is 1. The zero-order chi connectivity index (χ0) is 12.1. The maximum absolute atomic E-state index is 11.8. The van der Waals surface area contributed by atoms with Crippen molar-refractivity contribution < 1.29 is 9.21 Å². The van der Waals surface area contributed by atoms with Crippen LogP contribution in [0, 0.1) is 6.92 Å². The van der Waals surface area contributed by atoms with Gasteiger partial charge < -0.3 is 14.6 Å². The lowest BCUT2D eigenvalue weighted by atomic mass is 10.3. The van der Waals surface area contributed by atoms with Gasteiger partial charge in [-0.3, -0.25) is 4.79 Å². The number of carbonyl (C=O) groups is 1. The maximum Gasteiger partial charge on any atom is 0.276 e. The van der Waals surface area contributed by atoms with Crippen LogP contribution >= 0.6 is 11.8 Å². The van der Waals surface area contributed by atoms with Crippen LogP contribution in [0.3, 0.4) is 0 Å². The zero-order valence-corrected chi connectivity index (χ0v) is 10.6. The number of hydrogen-bond donors (Lipinski definition) is 1. The van der Waals surface area contributed by atoms with Crippen LogP contribution in [0.4, 0.5) is 0 Å². The first-order chi connectivity index (χ1) is 8.25. The molecule has 0 atom stereocenters. The molecule has 0 unspecified atom stereocenters. The summed E-state index contributed by atoms with van der Waals surface area (Å²) in [6, 6.07) is 0. The van der Waals surface area contributed by atoms with Crippen LogP contribution in [-0.2, 0) is 4.79 Å². The third-order valence-electron chi connectivity index (χ3n) is 2.52. The molecule has 1 amide bonds. The molecule has 1 aliphatic heterocycles. The van der Waals surface area contributed by atoms with Gasteiger partial charge in [0.05, 0.1) is 0 Å². The average Bonchev–Trinajstić information content (AvgIpc) is 2.76. The van der Waals surface area contributed by atoms with Gasteiger partial charge in [-0.25, -0.2) is 0 Å². The molecule has 0 bridgehead atoms. The molecule has 1 aromatic heterocycles. The molecule has 1 aromatic rings. The van der Waals surface area contributed by atoms with Crippen molar-refractivity contribution in [3.63, 3.8) is 0 Å². The smallest absolute Gasteiger partial charge is 0.276 e. The molecular formula is C10H16N4O2S. The molecule has 0 aliphatic carbocycles. The number of hydrogen-bond acceptors (Lipinski definition) is 6. The summed E-state index contributed by atoms with van der Waals surface area (Å²) in [6.07, 6.45) is 0.520. The van der Waals surface area contributed by atoms with Gasteiger partial charge in [-0.15, -0.1) is 10.2 Å². The van der Waals surface area contributed by atoms with E-state index >= 15 is 0 Å². The lowest BCUT2D eigenvalue weighted by Gasteiger charge is -2.27. The van der Waals surface area contributed by atoms with E-state index in [-0.39, 0.29) is 5.91 Å². The van der Waals surface area contributed by atoms with Crippen LogP contribution in [0.5, 0.6) is 0 Å². The number of nitrogens with zero attached hydrogens (tertiary/aromatic N) is 3. The summed E-state index contributed by atoms with van der Waals surface area (Å²) >= 11 is 1.43. The van der Waals surface area contributed by atoms with Gasteiger partial charge >= 0.3 is 0 Å². The van der Waals surface area contributed by atoms with Gasteiger partial charge in [0.1, 0.15) is 0 Å². The fourth-order valence-corrected chi connectivity index (χ4v) is 2.36. The Morgan fingerprint density at radius 3 is 2.88 bits per heavy atom. The van der Waals surface area contributed by atoms with E-state index in [2.05, 4.69) is 15.5 Å². The second kappa shape index (κ2) is 6.02. The summed E-state index contributed by atoms with van der Waals surface area (Å²) < 4.78 is 5.22. The Bertz CT molecular complexity index is 376. The first kappa shape index (κ1) is 12.4. The number of nitrogens with one attached hydrogen (secondary N) is 1.